The number of nitrogens with one attached hydrogen (secondary N) is 1. The van der Waals surface area contributed by atoms with Gasteiger partial charge in [-0.15, -0.1) is 0 Å². The molecule has 2 heteroatoms. The summed E-state index contributed by atoms with van der Waals surface area (Å²) in [6.07, 6.45) is 2.95. The standard InChI is InChI=1S/C7H7NO/c1-2-7-6(8-4-1)3-5-9-7/h1-2,4H,3,5H2/p+1. The Morgan fingerprint density at radius 2 is 2.56 bits per heavy atom. The van der Waals surface area contributed by atoms with Crippen LogP contribution < -0.4 is 9.72 Å². The predicted octanol–water partition coefficient (Wildman–Crippen LogP) is 0.436. The number of aromatic nitrogens is 1. The van der Waals surface area contributed by atoms with E-state index in [1.807, 2.05) is 18.3 Å². The van der Waals surface area contributed by atoms with Crippen LogP contribution in [-0.4, -0.2) is 6.61 Å². The fourth-order valence-electron chi connectivity index (χ4n) is 1.05. The summed E-state index contributed by atoms with van der Waals surface area (Å²) in [4.78, 5) is 3.12. The first-order valence-electron chi connectivity index (χ1n) is 3.09. The van der Waals surface area contributed by atoms with Crippen molar-refractivity contribution in [2.45, 2.75) is 6.42 Å². The molecule has 0 atom stereocenters. The average Bonchev–Trinajstić information content (AvgIpc) is 2.33. The zero-order valence-corrected chi connectivity index (χ0v) is 5.05. The van der Waals surface area contributed by atoms with Crippen molar-refractivity contribution in [1.29, 1.82) is 0 Å². The van der Waals surface area contributed by atoms with E-state index >= 15 is 0 Å². The largest absolute Gasteiger partial charge is 0.487 e. The quantitative estimate of drug-likeness (QED) is 0.489. The lowest BCUT2D eigenvalue weighted by molar-refractivity contribution is -0.388. The molecule has 46 valence electrons. The van der Waals surface area contributed by atoms with Gasteiger partial charge < -0.3 is 4.74 Å². The van der Waals surface area contributed by atoms with E-state index in [1.54, 1.807) is 0 Å². The van der Waals surface area contributed by atoms with Gasteiger partial charge in [-0.05, 0) is 6.07 Å². The number of hydrogen-bond acceptors (Lipinski definition) is 1. The minimum atomic E-state index is 0.829. The average molecular weight is 122 g/mol. The third-order valence-corrected chi connectivity index (χ3v) is 1.51. The van der Waals surface area contributed by atoms with Gasteiger partial charge in [0.25, 0.3) is 0 Å². The molecule has 0 saturated heterocycles. The van der Waals surface area contributed by atoms with Gasteiger partial charge in [0.2, 0.25) is 5.69 Å². The molecule has 0 saturated carbocycles. The highest BCUT2D eigenvalue weighted by Gasteiger charge is 2.16. The molecular weight excluding hydrogens is 114 g/mol. The number of ether oxygens (including phenoxy) is 1. The summed E-state index contributed by atoms with van der Waals surface area (Å²) in [5.41, 5.74) is 1.22. The van der Waals surface area contributed by atoms with E-state index in [0.29, 0.717) is 0 Å². The molecule has 2 heterocycles. The minimum absolute atomic E-state index is 0.829. The first kappa shape index (κ1) is 4.79. The van der Waals surface area contributed by atoms with Crippen LogP contribution in [0, 0.1) is 0 Å². The fourth-order valence-corrected chi connectivity index (χ4v) is 1.05. The van der Waals surface area contributed by atoms with Gasteiger partial charge in [0, 0.05) is 6.07 Å². The fraction of sp³-hybridized carbons (Fsp3) is 0.286. The second-order valence-electron chi connectivity index (χ2n) is 2.11. The molecule has 0 aromatic carbocycles. The van der Waals surface area contributed by atoms with Crippen LogP contribution in [-0.2, 0) is 6.42 Å². The van der Waals surface area contributed by atoms with Gasteiger partial charge in [0.05, 0.1) is 13.0 Å². The Morgan fingerprint density at radius 1 is 1.56 bits per heavy atom. The van der Waals surface area contributed by atoms with Gasteiger partial charge in [-0.3, -0.25) is 0 Å². The molecule has 0 fully saturated rings. The number of fused-ring (bicyclic) bond motifs is 1. The number of pyridine rings is 1. The molecule has 1 aromatic rings. The third kappa shape index (κ3) is 0.669. The lowest BCUT2D eigenvalue weighted by Gasteiger charge is -1.88. The molecule has 0 aliphatic carbocycles. The molecule has 0 amide bonds. The van der Waals surface area contributed by atoms with E-state index in [0.717, 1.165) is 18.8 Å². The molecular formula is C7H8NO+. The van der Waals surface area contributed by atoms with E-state index in [-0.39, 0.29) is 0 Å². The highest BCUT2D eigenvalue weighted by Crippen LogP contribution is 2.18. The normalized spacial score (nSPS) is 14.7. The van der Waals surface area contributed by atoms with Crippen molar-refractivity contribution in [3.8, 4) is 5.75 Å². The summed E-state index contributed by atoms with van der Waals surface area (Å²) in [5.74, 6) is 1.01. The molecule has 1 aliphatic rings. The van der Waals surface area contributed by atoms with Crippen molar-refractivity contribution >= 4 is 0 Å². The Kier molecular flexibility index (Phi) is 0.918. The van der Waals surface area contributed by atoms with Gasteiger partial charge in [-0.2, -0.15) is 0 Å². The lowest BCUT2D eigenvalue weighted by Crippen LogP contribution is -2.06. The summed E-state index contributed by atoms with van der Waals surface area (Å²) in [7, 11) is 0. The zero-order chi connectivity index (χ0) is 6.10. The molecule has 1 aliphatic heterocycles. The Bertz CT molecular complexity index is 199. The Morgan fingerprint density at radius 3 is 3.44 bits per heavy atom. The van der Waals surface area contributed by atoms with Crippen molar-refractivity contribution in [2.24, 2.45) is 0 Å². The summed E-state index contributed by atoms with van der Waals surface area (Å²) in [5, 5.41) is 0. The third-order valence-electron chi connectivity index (χ3n) is 1.51. The van der Waals surface area contributed by atoms with Crippen molar-refractivity contribution in [3.05, 3.63) is 24.0 Å². The predicted molar refractivity (Wildman–Crippen MR) is 32.2 cm³/mol. The van der Waals surface area contributed by atoms with E-state index in [4.69, 9.17) is 4.74 Å². The molecule has 9 heavy (non-hydrogen) atoms. The van der Waals surface area contributed by atoms with Crippen LogP contribution >= 0.6 is 0 Å². The molecule has 0 spiro atoms. The van der Waals surface area contributed by atoms with Crippen LogP contribution in [0.25, 0.3) is 0 Å². The highest BCUT2D eigenvalue weighted by atomic mass is 16.5. The molecule has 1 aromatic heterocycles. The molecule has 2 nitrogen and oxygen atoms in total. The Hall–Kier alpha value is -1.05. The maximum Gasteiger partial charge on any atom is 0.225 e. The maximum atomic E-state index is 5.27. The molecule has 0 unspecified atom stereocenters. The zero-order valence-electron chi connectivity index (χ0n) is 5.05. The van der Waals surface area contributed by atoms with Crippen LogP contribution in [0.5, 0.6) is 5.75 Å². The summed E-state index contributed by atoms with van der Waals surface area (Å²) in [6.45, 7) is 0.829. The van der Waals surface area contributed by atoms with Gasteiger partial charge in [0.1, 0.15) is 0 Å². The topological polar surface area (TPSA) is 23.4 Å². The second kappa shape index (κ2) is 1.72. The summed E-state index contributed by atoms with van der Waals surface area (Å²) >= 11 is 0. The van der Waals surface area contributed by atoms with Crippen LogP contribution in [0.15, 0.2) is 18.3 Å². The molecule has 2 rings (SSSR count). The van der Waals surface area contributed by atoms with E-state index in [2.05, 4.69) is 4.98 Å². The van der Waals surface area contributed by atoms with E-state index < -0.39 is 0 Å². The lowest BCUT2D eigenvalue weighted by atomic mass is 10.3. The maximum absolute atomic E-state index is 5.27. The van der Waals surface area contributed by atoms with E-state index in [9.17, 15) is 0 Å². The molecule has 0 radical (unpaired) electrons. The van der Waals surface area contributed by atoms with Crippen molar-refractivity contribution in [1.82, 2.24) is 0 Å². The van der Waals surface area contributed by atoms with Crippen LogP contribution in [0.4, 0.5) is 0 Å². The Labute approximate surface area is 53.5 Å². The first-order chi connectivity index (χ1) is 4.47. The van der Waals surface area contributed by atoms with Gasteiger partial charge in [0.15, 0.2) is 11.9 Å². The Balaban J connectivity index is 2.54. The molecule has 0 bridgehead atoms. The monoisotopic (exact) mass is 122 g/mol. The SMILES string of the molecule is c1c[nH+]c2c(c1)OCC2. The number of H-pyrrole nitrogens is 1. The van der Waals surface area contributed by atoms with Crippen molar-refractivity contribution in [2.75, 3.05) is 6.61 Å². The number of aromatic amines is 1. The first-order valence-corrected chi connectivity index (χ1v) is 3.09. The number of rotatable bonds is 0. The van der Waals surface area contributed by atoms with Gasteiger partial charge in [-0.25, -0.2) is 4.98 Å². The second-order valence-corrected chi connectivity index (χ2v) is 2.11. The minimum Gasteiger partial charge on any atom is -0.487 e. The van der Waals surface area contributed by atoms with Gasteiger partial charge in [-0.1, -0.05) is 0 Å². The summed E-state index contributed by atoms with van der Waals surface area (Å²) in [6, 6.07) is 3.93. The van der Waals surface area contributed by atoms with Crippen LogP contribution in [0.1, 0.15) is 5.69 Å². The highest BCUT2D eigenvalue weighted by molar-refractivity contribution is 5.25. The van der Waals surface area contributed by atoms with Crippen molar-refractivity contribution in [3.63, 3.8) is 0 Å². The van der Waals surface area contributed by atoms with Crippen LogP contribution in [0.3, 0.4) is 0 Å². The van der Waals surface area contributed by atoms with E-state index in [1.165, 1.54) is 5.69 Å². The smallest absolute Gasteiger partial charge is 0.225 e. The summed E-state index contributed by atoms with van der Waals surface area (Å²) < 4.78 is 5.27. The van der Waals surface area contributed by atoms with Crippen molar-refractivity contribution < 1.29 is 9.72 Å². The molecule has 1 N–H and O–H groups in total. The van der Waals surface area contributed by atoms with Crippen LogP contribution in [0.2, 0.25) is 0 Å². The van der Waals surface area contributed by atoms with Gasteiger partial charge >= 0.3 is 0 Å². The number of hydrogen-bond donors (Lipinski definition) is 0.